The summed E-state index contributed by atoms with van der Waals surface area (Å²) in [6.45, 7) is 0.122. The normalized spacial score (nSPS) is 13.2. The summed E-state index contributed by atoms with van der Waals surface area (Å²) in [5, 5.41) is 11.7. The molecule has 0 saturated heterocycles. The molecule has 2 aromatic rings. The van der Waals surface area contributed by atoms with Gasteiger partial charge in [-0.15, -0.1) is 0 Å². The van der Waals surface area contributed by atoms with E-state index in [0.29, 0.717) is 17.3 Å². The van der Waals surface area contributed by atoms with E-state index >= 15 is 0 Å². The second kappa shape index (κ2) is 6.37. The third-order valence-electron chi connectivity index (χ3n) is 3.65. The maximum Gasteiger partial charge on any atom is 0.314 e. The van der Waals surface area contributed by atoms with E-state index in [1.165, 1.54) is 24.1 Å². The zero-order chi connectivity index (χ0) is 17.3. The van der Waals surface area contributed by atoms with Crippen LogP contribution in [0.1, 0.15) is 5.56 Å². The minimum absolute atomic E-state index is 0.0677. The van der Waals surface area contributed by atoms with Gasteiger partial charge in [0.05, 0.1) is 30.3 Å². The number of fused-ring (bicyclic) bond motifs is 1. The van der Waals surface area contributed by atoms with Crippen molar-refractivity contribution in [3.05, 3.63) is 57.1 Å². The number of hydrogen-bond acceptors (Lipinski definition) is 5. The molecule has 0 aliphatic carbocycles. The zero-order valence-corrected chi connectivity index (χ0v) is 13.4. The number of rotatable bonds is 4. The molecule has 3 rings (SSSR count). The number of benzene rings is 2. The van der Waals surface area contributed by atoms with Gasteiger partial charge in [-0.05, 0) is 17.7 Å². The standard InChI is InChI=1S/C16H13ClN2O5/c1-23-14-6-12-15(7-13(14)19(21)22)24-9-16(20)18(12)8-10-2-4-11(17)5-3-10/h2-7H,8-9H2,1H3. The highest BCUT2D eigenvalue weighted by molar-refractivity contribution is 6.30. The number of halogens is 1. The van der Waals surface area contributed by atoms with Crippen molar-refractivity contribution in [2.75, 3.05) is 18.6 Å². The highest BCUT2D eigenvalue weighted by atomic mass is 35.5. The number of ether oxygens (including phenoxy) is 2. The van der Waals surface area contributed by atoms with Crippen LogP contribution in [0.2, 0.25) is 5.02 Å². The van der Waals surface area contributed by atoms with Crippen molar-refractivity contribution in [1.29, 1.82) is 0 Å². The minimum atomic E-state index is -0.553. The molecule has 1 amide bonds. The molecule has 7 nitrogen and oxygen atoms in total. The molecule has 0 aromatic heterocycles. The van der Waals surface area contributed by atoms with Gasteiger partial charge >= 0.3 is 5.69 Å². The Kier molecular flexibility index (Phi) is 4.26. The summed E-state index contributed by atoms with van der Waals surface area (Å²) < 4.78 is 10.4. The van der Waals surface area contributed by atoms with Crippen molar-refractivity contribution in [3.63, 3.8) is 0 Å². The molecule has 0 fully saturated rings. The SMILES string of the molecule is COc1cc2c(cc1[N+](=O)[O-])OCC(=O)N2Cc1ccc(Cl)cc1. The quantitative estimate of drug-likeness (QED) is 0.626. The topological polar surface area (TPSA) is 81.9 Å². The van der Waals surface area contributed by atoms with Crippen LogP contribution in [0.4, 0.5) is 11.4 Å². The van der Waals surface area contributed by atoms with Crippen molar-refractivity contribution in [2.45, 2.75) is 6.54 Å². The van der Waals surface area contributed by atoms with E-state index in [2.05, 4.69) is 0 Å². The number of hydrogen-bond donors (Lipinski definition) is 0. The third kappa shape index (κ3) is 2.98. The molecule has 2 aromatic carbocycles. The van der Waals surface area contributed by atoms with Gasteiger partial charge < -0.3 is 14.4 Å². The summed E-state index contributed by atoms with van der Waals surface area (Å²) in [6, 6.07) is 9.81. The summed E-state index contributed by atoms with van der Waals surface area (Å²) in [6.07, 6.45) is 0. The van der Waals surface area contributed by atoms with E-state index in [9.17, 15) is 14.9 Å². The molecular weight excluding hydrogens is 336 g/mol. The van der Waals surface area contributed by atoms with Gasteiger partial charge in [0, 0.05) is 11.1 Å². The Hall–Kier alpha value is -2.80. The van der Waals surface area contributed by atoms with Crippen molar-refractivity contribution in [3.8, 4) is 11.5 Å². The highest BCUT2D eigenvalue weighted by Crippen LogP contribution is 2.42. The molecule has 24 heavy (non-hydrogen) atoms. The number of methoxy groups -OCH3 is 1. The summed E-state index contributed by atoms with van der Waals surface area (Å²) >= 11 is 5.87. The molecule has 124 valence electrons. The third-order valence-corrected chi connectivity index (χ3v) is 3.91. The van der Waals surface area contributed by atoms with Crippen molar-refractivity contribution < 1.29 is 19.2 Å². The average molecular weight is 349 g/mol. The maximum atomic E-state index is 12.2. The molecule has 0 spiro atoms. The zero-order valence-electron chi connectivity index (χ0n) is 12.7. The lowest BCUT2D eigenvalue weighted by molar-refractivity contribution is -0.385. The van der Waals surface area contributed by atoms with Crippen LogP contribution >= 0.6 is 11.6 Å². The van der Waals surface area contributed by atoms with Crippen LogP contribution in [0, 0.1) is 10.1 Å². The fourth-order valence-corrected chi connectivity index (χ4v) is 2.59. The number of amides is 1. The first-order chi connectivity index (χ1) is 11.5. The predicted molar refractivity (Wildman–Crippen MR) is 87.8 cm³/mol. The smallest absolute Gasteiger partial charge is 0.314 e. The Labute approximate surface area is 142 Å². The number of anilines is 1. The molecule has 0 unspecified atom stereocenters. The molecule has 8 heteroatoms. The lowest BCUT2D eigenvalue weighted by Gasteiger charge is -2.29. The Balaban J connectivity index is 2.01. The second-order valence-electron chi connectivity index (χ2n) is 5.14. The van der Waals surface area contributed by atoms with Gasteiger partial charge in [-0.2, -0.15) is 0 Å². The molecule has 0 atom stereocenters. The van der Waals surface area contributed by atoms with Gasteiger partial charge in [0.1, 0.15) is 0 Å². The molecular formula is C16H13ClN2O5. The Bertz CT molecular complexity index is 807. The number of nitro benzene ring substituents is 1. The maximum absolute atomic E-state index is 12.2. The van der Waals surface area contributed by atoms with Crippen LogP contribution in [0.5, 0.6) is 11.5 Å². The molecule has 1 aliphatic rings. The van der Waals surface area contributed by atoms with Gasteiger partial charge in [-0.3, -0.25) is 14.9 Å². The van der Waals surface area contributed by atoms with Crippen LogP contribution in [0.15, 0.2) is 36.4 Å². The first-order valence-electron chi connectivity index (χ1n) is 7.03. The van der Waals surface area contributed by atoms with E-state index in [4.69, 9.17) is 21.1 Å². The molecule has 0 bridgehead atoms. The molecule has 1 aliphatic heterocycles. The molecule has 1 heterocycles. The number of nitrogens with zero attached hydrogens (tertiary/aromatic N) is 2. The van der Waals surface area contributed by atoms with E-state index in [1.54, 1.807) is 12.1 Å². The van der Waals surface area contributed by atoms with Crippen LogP contribution in [-0.4, -0.2) is 24.5 Å². The number of carbonyl (C=O) groups is 1. The fourth-order valence-electron chi connectivity index (χ4n) is 2.47. The highest BCUT2D eigenvalue weighted by Gasteiger charge is 2.30. The van der Waals surface area contributed by atoms with Gasteiger partial charge in [0.2, 0.25) is 0 Å². The van der Waals surface area contributed by atoms with Crippen molar-refractivity contribution >= 4 is 28.9 Å². The van der Waals surface area contributed by atoms with Crippen molar-refractivity contribution in [1.82, 2.24) is 0 Å². The van der Waals surface area contributed by atoms with Gasteiger partial charge in [-0.1, -0.05) is 23.7 Å². The predicted octanol–water partition coefficient (Wildman–Crippen LogP) is 3.18. The minimum Gasteiger partial charge on any atom is -0.490 e. The van der Waals surface area contributed by atoms with E-state index in [-0.39, 0.29) is 29.7 Å². The Morgan fingerprint density at radius 1 is 1.33 bits per heavy atom. The van der Waals surface area contributed by atoms with Gasteiger partial charge in [0.15, 0.2) is 18.1 Å². The first kappa shape index (κ1) is 16.1. The Morgan fingerprint density at radius 3 is 2.67 bits per heavy atom. The lowest BCUT2D eigenvalue weighted by Crippen LogP contribution is -2.38. The van der Waals surface area contributed by atoms with Crippen LogP contribution in [-0.2, 0) is 11.3 Å². The van der Waals surface area contributed by atoms with Crippen LogP contribution in [0.3, 0.4) is 0 Å². The molecule has 0 N–H and O–H groups in total. The second-order valence-corrected chi connectivity index (χ2v) is 5.58. The van der Waals surface area contributed by atoms with Crippen LogP contribution in [0.25, 0.3) is 0 Å². The lowest BCUT2D eigenvalue weighted by atomic mass is 10.1. The molecule has 0 radical (unpaired) electrons. The fraction of sp³-hybridized carbons (Fsp3) is 0.188. The first-order valence-corrected chi connectivity index (χ1v) is 7.41. The van der Waals surface area contributed by atoms with Crippen molar-refractivity contribution in [2.24, 2.45) is 0 Å². The summed E-state index contributed by atoms with van der Waals surface area (Å²) in [5.41, 5.74) is 1.10. The van der Waals surface area contributed by atoms with Gasteiger partial charge in [0.25, 0.3) is 5.91 Å². The van der Waals surface area contributed by atoms with E-state index in [0.717, 1.165) is 5.56 Å². The monoisotopic (exact) mass is 348 g/mol. The number of carbonyl (C=O) groups excluding carboxylic acids is 1. The largest absolute Gasteiger partial charge is 0.490 e. The summed E-state index contributed by atoms with van der Waals surface area (Å²) in [4.78, 5) is 24.3. The number of nitro groups is 1. The average Bonchev–Trinajstić information content (AvgIpc) is 2.58. The molecule has 0 saturated carbocycles. The van der Waals surface area contributed by atoms with E-state index < -0.39 is 4.92 Å². The summed E-state index contributed by atoms with van der Waals surface area (Å²) in [7, 11) is 1.34. The van der Waals surface area contributed by atoms with Gasteiger partial charge in [-0.25, -0.2) is 0 Å². The van der Waals surface area contributed by atoms with E-state index in [1.807, 2.05) is 12.1 Å². The Morgan fingerprint density at radius 2 is 2.04 bits per heavy atom. The van der Waals surface area contributed by atoms with Crippen LogP contribution < -0.4 is 14.4 Å². The summed E-state index contributed by atoms with van der Waals surface area (Å²) in [5.74, 6) is 0.0996.